The van der Waals surface area contributed by atoms with Crippen LogP contribution in [-0.2, 0) is 16.0 Å². The summed E-state index contributed by atoms with van der Waals surface area (Å²) in [6, 6.07) is 4.77. The van der Waals surface area contributed by atoms with Gasteiger partial charge in [0.15, 0.2) is 0 Å². The Bertz CT molecular complexity index is 542. The number of nitro groups is 1. The number of nitro benzene ring substituents is 1. The number of carboxylic acids is 1. The highest BCUT2D eigenvalue weighted by Gasteiger charge is 2.21. The van der Waals surface area contributed by atoms with Gasteiger partial charge in [-0.3, -0.25) is 14.9 Å². The SMILES string of the molecule is CC(C)CC(NC(=O)Cc1cccc([N+](=O)[O-])c1)C(=O)O. The Morgan fingerprint density at radius 1 is 1.38 bits per heavy atom. The quantitative estimate of drug-likeness (QED) is 0.588. The van der Waals surface area contributed by atoms with Gasteiger partial charge in [-0.2, -0.15) is 0 Å². The molecule has 0 saturated carbocycles. The Balaban J connectivity index is 2.70. The lowest BCUT2D eigenvalue weighted by Crippen LogP contribution is -2.42. The molecule has 2 N–H and O–H groups in total. The van der Waals surface area contributed by atoms with E-state index < -0.39 is 22.8 Å². The molecule has 21 heavy (non-hydrogen) atoms. The summed E-state index contributed by atoms with van der Waals surface area (Å²) < 4.78 is 0. The molecule has 0 aliphatic carbocycles. The van der Waals surface area contributed by atoms with Gasteiger partial charge < -0.3 is 10.4 Å². The molecule has 1 amide bonds. The average molecular weight is 294 g/mol. The fourth-order valence-corrected chi connectivity index (χ4v) is 1.90. The Morgan fingerprint density at radius 3 is 2.57 bits per heavy atom. The first-order valence-electron chi connectivity index (χ1n) is 6.55. The molecule has 0 saturated heterocycles. The van der Waals surface area contributed by atoms with E-state index in [-0.39, 0.29) is 18.0 Å². The maximum absolute atomic E-state index is 11.8. The van der Waals surface area contributed by atoms with Gasteiger partial charge in [0.1, 0.15) is 6.04 Å². The molecule has 114 valence electrons. The van der Waals surface area contributed by atoms with Gasteiger partial charge in [-0.25, -0.2) is 4.79 Å². The zero-order valence-electron chi connectivity index (χ0n) is 11.9. The number of benzene rings is 1. The summed E-state index contributed by atoms with van der Waals surface area (Å²) in [6.45, 7) is 3.73. The number of nitrogens with zero attached hydrogens (tertiary/aromatic N) is 1. The Morgan fingerprint density at radius 2 is 2.05 bits per heavy atom. The second kappa shape index (κ2) is 7.37. The summed E-state index contributed by atoms with van der Waals surface area (Å²) in [5.41, 5.74) is 0.368. The zero-order chi connectivity index (χ0) is 16.0. The first-order valence-corrected chi connectivity index (χ1v) is 6.55. The monoisotopic (exact) mass is 294 g/mol. The van der Waals surface area contributed by atoms with Crippen molar-refractivity contribution in [3.8, 4) is 0 Å². The number of carboxylic acid groups (broad SMARTS) is 1. The molecule has 0 bridgehead atoms. The molecule has 0 spiro atoms. The molecular formula is C14H18N2O5. The molecule has 1 unspecified atom stereocenters. The van der Waals surface area contributed by atoms with Crippen molar-refractivity contribution >= 4 is 17.6 Å². The highest BCUT2D eigenvalue weighted by atomic mass is 16.6. The number of amides is 1. The number of nitrogens with one attached hydrogen (secondary N) is 1. The largest absolute Gasteiger partial charge is 0.480 e. The van der Waals surface area contributed by atoms with Gasteiger partial charge in [-0.15, -0.1) is 0 Å². The molecular weight excluding hydrogens is 276 g/mol. The topological polar surface area (TPSA) is 110 Å². The van der Waals surface area contributed by atoms with Crippen molar-refractivity contribution < 1.29 is 19.6 Å². The predicted octanol–water partition coefficient (Wildman–Crippen LogP) is 1.75. The molecule has 1 atom stereocenters. The smallest absolute Gasteiger partial charge is 0.326 e. The van der Waals surface area contributed by atoms with Crippen LogP contribution in [0.5, 0.6) is 0 Å². The molecule has 0 fully saturated rings. The van der Waals surface area contributed by atoms with E-state index in [1.54, 1.807) is 6.07 Å². The van der Waals surface area contributed by atoms with Crippen molar-refractivity contribution in [1.82, 2.24) is 5.32 Å². The highest BCUT2D eigenvalue weighted by molar-refractivity contribution is 5.84. The summed E-state index contributed by atoms with van der Waals surface area (Å²) >= 11 is 0. The normalized spacial score (nSPS) is 12.0. The van der Waals surface area contributed by atoms with Gasteiger partial charge in [0.2, 0.25) is 5.91 Å². The minimum atomic E-state index is -1.09. The van der Waals surface area contributed by atoms with E-state index in [0.717, 1.165) is 0 Å². The number of carbonyl (C=O) groups is 2. The van der Waals surface area contributed by atoms with Crippen LogP contribution in [0.25, 0.3) is 0 Å². The lowest BCUT2D eigenvalue weighted by atomic mass is 10.0. The third-order valence-electron chi connectivity index (χ3n) is 2.83. The Kier molecular flexibility index (Phi) is 5.83. The van der Waals surface area contributed by atoms with Gasteiger partial charge in [0, 0.05) is 12.1 Å². The van der Waals surface area contributed by atoms with Gasteiger partial charge >= 0.3 is 5.97 Å². The second-order valence-electron chi connectivity index (χ2n) is 5.19. The van der Waals surface area contributed by atoms with Crippen LogP contribution >= 0.6 is 0 Å². The summed E-state index contributed by atoms with van der Waals surface area (Å²) in [6.07, 6.45) is 0.236. The number of rotatable bonds is 7. The fourth-order valence-electron chi connectivity index (χ4n) is 1.90. The summed E-state index contributed by atoms with van der Waals surface area (Å²) in [5, 5.41) is 22.1. The maximum Gasteiger partial charge on any atom is 0.326 e. The van der Waals surface area contributed by atoms with Crippen LogP contribution < -0.4 is 5.32 Å². The van der Waals surface area contributed by atoms with E-state index in [2.05, 4.69) is 5.32 Å². The maximum atomic E-state index is 11.8. The number of non-ortho nitro benzene ring substituents is 1. The Hall–Kier alpha value is -2.44. The van der Waals surface area contributed by atoms with E-state index in [4.69, 9.17) is 5.11 Å². The van der Waals surface area contributed by atoms with Crippen molar-refractivity contribution in [3.63, 3.8) is 0 Å². The Labute approximate surface area is 122 Å². The van der Waals surface area contributed by atoms with Gasteiger partial charge in [-0.1, -0.05) is 26.0 Å². The van der Waals surface area contributed by atoms with Crippen LogP contribution in [0.3, 0.4) is 0 Å². The van der Waals surface area contributed by atoms with Gasteiger partial charge in [0.25, 0.3) is 5.69 Å². The minimum Gasteiger partial charge on any atom is -0.480 e. The third-order valence-corrected chi connectivity index (χ3v) is 2.83. The minimum absolute atomic E-state index is 0.0937. The van der Waals surface area contributed by atoms with Crippen molar-refractivity contribution in [1.29, 1.82) is 0 Å². The van der Waals surface area contributed by atoms with E-state index in [1.165, 1.54) is 18.2 Å². The van der Waals surface area contributed by atoms with Crippen molar-refractivity contribution in [2.45, 2.75) is 32.7 Å². The summed E-state index contributed by atoms with van der Waals surface area (Å²) in [7, 11) is 0. The molecule has 0 radical (unpaired) electrons. The van der Waals surface area contributed by atoms with Crippen LogP contribution in [0, 0.1) is 16.0 Å². The van der Waals surface area contributed by atoms with E-state index >= 15 is 0 Å². The molecule has 0 aromatic heterocycles. The van der Waals surface area contributed by atoms with E-state index in [9.17, 15) is 19.7 Å². The van der Waals surface area contributed by atoms with Crippen molar-refractivity contribution in [2.24, 2.45) is 5.92 Å². The van der Waals surface area contributed by atoms with Gasteiger partial charge in [-0.05, 0) is 17.9 Å². The third kappa shape index (κ3) is 5.60. The van der Waals surface area contributed by atoms with Gasteiger partial charge in [0.05, 0.1) is 11.3 Å². The average Bonchev–Trinajstić information content (AvgIpc) is 2.37. The van der Waals surface area contributed by atoms with Crippen LogP contribution in [0.15, 0.2) is 24.3 Å². The van der Waals surface area contributed by atoms with Crippen LogP contribution in [0.1, 0.15) is 25.8 Å². The molecule has 0 aliphatic heterocycles. The molecule has 0 heterocycles. The lowest BCUT2D eigenvalue weighted by molar-refractivity contribution is -0.384. The molecule has 1 aromatic carbocycles. The molecule has 7 heteroatoms. The van der Waals surface area contributed by atoms with E-state index in [1.807, 2.05) is 13.8 Å². The number of carbonyl (C=O) groups excluding carboxylic acids is 1. The first kappa shape index (κ1) is 16.6. The molecule has 1 aromatic rings. The predicted molar refractivity (Wildman–Crippen MR) is 75.8 cm³/mol. The van der Waals surface area contributed by atoms with Crippen LogP contribution in [0.2, 0.25) is 0 Å². The van der Waals surface area contributed by atoms with E-state index in [0.29, 0.717) is 12.0 Å². The summed E-state index contributed by atoms with van der Waals surface area (Å²) in [4.78, 5) is 33.0. The van der Waals surface area contributed by atoms with Crippen LogP contribution in [0.4, 0.5) is 5.69 Å². The molecule has 1 rings (SSSR count). The van der Waals surface area contributed by atoms with Crippen molar-refractivity contribution in [3.05, 3.63) is 39.9 Å². The second-order valence-corrected chi connectivity index (χ2v) is 5.19. The molecule has 0 aliphatic rings. The van der Waals surface area contributed by atoms with Crippen molar-refractivity contribution in [2.75, 3.05) is 0 Å². The lowest BCUT2D eigenvalue weighted by Gasteiger charge is -2.16. The fraction of sp³-hybridized carbons (Fsp3) is 0.429. The van der Waals surface area contributed by atoms with Crippen LogP contribution in [-0.4, -0.2) is 27.9 Å². The summed E-state index contributed by atoms with van der Waals surface area (Å²) in [5.74, 6) is -1.43. The standard InChI is InChI=1S/C14H18N2O5/c1-9(2)6-12(14(18)19)15-13(17)8-10-4-3-5-11(7-10)16(20)21/h3-5,7,9,12H,6,8H2,1-2H3,(H,15,17)(H,18,19). The highest BCUT2D eigenvalue weighted by Crippen LogP contribution is 2.13. The zero-order valence-corrected chi connectivity index (χ0v) is 11.9. The number of aliphatic carboxylic acids is 1. The molecule has 7 nitrogen and oxygen atoms in total. The first-order chi connectivity index (χ1) is 9.79. The number of hydrogen-bond acceptors (Lipinski definition) is 4. The number of hydrogen-bond donors (Lipinski definition) is 2.